The van der Waals surface area contributed by atoms with Crippen LogP contribution in [0.15, 0.2) is 5.38 Å². The minimum absolute atomic E-state index is 0.0147. The average molecular weight is 282 g/mol. The van der Waals surface area contributed by atoms with Gasteiger partial charge in [0.05, 0.1) is 0 Å². The highest BCUT2D eigenvalue weighted by atomic mass is 32.1. The zero-order chi connectivity index (χ0) is 14.3. The molecule has 1 aromatic rings. The molecule has 2 rings (SSSR count). The monoisotopic (exact) mass is 282 g/mol. The summed E-state index contributed by atoms with van der Waals surface area (Å²) in [5.41, 5.74) is 6.00. The second-order valence-corrected chi connectivity index (χ2v) is 7.43. The van der Waals surface area contributed by atoms with E-state index in [2.05, 4.69) is 43.3 Å². The van der Waals surface area contributed by atoms with Gasteiger partial charge in [-0.15, -0.1) is 11.3 Å². The number of amides is 1. The van der Waals surface area contributed by atoms with Crippen LogP contribution in [0.5, 0.6) is 0 Å². The molecular weight excluding hydrogens is 260 g/mol. The van der Waals surface area contributed by atoms with Gasteiger partial charge in [0.2, 0.25) is 0 Å². The number of nitrogens with one attached hydrogen (secondary N) is 2. The van der Waals surface area contributed by atoms with E-state index >= 15 is 0 Å². The summed E-state index contributed by atoms with van der Waals surface area (Å²) in [5, 5.41) is 8.79. The topological polar surface area (TPSA) is 80.0 Å². The van der Waals surface area contributed by atoms with Gasteiger partial charge in [0.15, 0.2) is 5.13 Å². The number of anilines is 1. The van der Waals surface area contributed by atoms with Crippen LogP contribution in [-0.4, -0.2) is 28.0 Å². The van der Waals surface area contributed by atoms with Crippen molar-refractivity contribution in [2.45, 2.75) is 57.7 Å². The van der Waals surface area contributed by atoms with E-state index in [-0.39, 0.29) is 23.0 Å². The zero-order valence-corrected chi connectivity index (χ0v) is 12.7. The highest BCUT2D eigenvalue weighted by molar-refractivity contribution is 7.13. The maximum absolute atomic E-state index is 12.1. The van der Waals surface area contributed by atoms with E-state index in [1.807, 2.05) is 0 Å². The summed E-state index contributed by atoms with van der Waals surface area (Å²) in [6.45, 7) is 8.64. The Bertz CT molecular complexity index is 465. The van der Waals surface area contributed by atoms with E-state index < -0.39 is 0 Å². The summed E-state index contributed by atoms with van der Waals surface area (Å²) in [5.74, 6) is -0.133. The first-order chi connectivity index (χ1) is 8.67. The van der Waals surface area contributed by atoms with Crippen molar-refractivity contribution in [2.24, 2.45) is 0 Å². The maximum atomic E-state index is 12.1. The summed E-state index contributed by atoms with van der Waals surface area (Å²) >= 11 is 1.29. The van der Waals surface area contributed by atoms with Crippen LogP contribution >= 0.6 is 11.3 Å². The lowest BCUT2D eigenvalue weighted by Gasteiger charge is -2.46. The molecule has 1 aliphatic rings. The second kappa shape index (κ2) is 4.76. The third kappa shape index (κ3) is 3.67. The van der Waals surface area contributed by atoms with Crippen molar-refractivity contribution in [2.75, 3.05) is 5.73 Å². The molecular formula is C13H22N4OS. The van der Waals surface area contributed by atoms with Crippen LogP contribution in [0.25, 0.3) is 0 Å². The SMILES string of the molecule is CC1(C)CC(NC(=O)c2csc(N)n2)CC(C)(C)N1. The van der Waals surface area contributed by atoms with Gasteiger partial charge in [0, 0.05) is 22.5 Å². The Morgan fingerprint density at radius 2 is 2.00 bits per heavy atom. The van der Waals surface area contributed by atoms with Gasteiger partial charge in [0.1, 0.15) is 5.69 Å². The van der Waals surface area contributed by atoms with Crippen molar-refractivity contribution in [1.82, 2.24) is 15.6 Å². The number of nitrogens with two attached hydrogens (primary N) is 1. The molecule has 6 heteroatoms. The summed E-state index contributed by atoms with van der Waals surface area (Å²) in [7, 11) is 0. The lowest BCUT2D eigenvalue weighted by Crippen LogP contribution is -2.62. The Morgan fingerprint density at radius 1 is 1.42 bits per heavy atom. The van der Waals surface area contributed by atoms with Crippen LogP contribution in [0.1, 0.15) is 51.0 Å². The van der Waals surface area contributed by atoms with Gasteiger partial charge in [-0.2, -0.15) is 0 Å². The molecule has 106 valence electrons. The third-order valence-electron chi connectivity index (χ3n) is 3.28. The van der Waals surface area contributed by atoms with E-state index in [1.54, 1.807) is 5.38 Å². The maximum Gasteiger partial charge on any atom is 0.271 e. The molecule has 0 saturated carbocycles. The molecule has 1 amide bonds. The number of thiazole rings is 1. The minimum atomic E-state index is -0.133. The molecule has 19 heavy (non-hydrogen) atoms. The number of nitrogens with zero attached hydrogens (tertiary/aromatic N) is 1. The first kappa shape index (κ1) is 14.3. The van der Waals surface area contributed by atoms with Crippen molar-refractivity contribution in [1.29, 1.82) is 0 Å². The molecule has 0 radical (unpaired) electrons. The van der Waals surface area contributed by atoms with E-state index in [1.165, 1.54) is 11.3 Å². The van der Waals surface area contributed by atoms with Crippen LogP contribution < -0.4 is 16.4 Å². The fourth-order valence-corrected chi connectivity index (χ4v) is 3.62. The standard InChI is InChI=1S/C13H22N4OS/c1-12(2)5-8(6-13(3,4)17-12)15-10(18)9-7-19-11(14)16-9/h7-8,17H,5-6H2,1-4H3,(H2,14,16)(H,15,18). The Balaban J connectivity index is 2.04. The Kier molecular flexibility index (Phi) is 3.57. The molecule has 2 heterocycles. The Hall–Kier alpha value is -1.14. The number of aromatic nitrogens is 1. The summed E-state index contributed by atoms with van der Waals surface area (Å²) < 4.78 is 0. The lowest BCUT2D eigenvalue weighted by molar-refractivity contribution is 0.0869. The predicted molar refractivity (Wildman–Crippen MR) is 78.3 cm³/mol. The number of carbonyl (C=O) groups excluding carboxylic acids is 1. The molecule has 5 nitrogen and oxygen atoms in total. The first-order valence-electron chi connectivity index (χ1n) is 6.48. The van der Waals surface area contributed by atoms with Gasteiger partial charge in [-0.1, -0.05) is 0 Å². The lowest BCUT2D eigenvalue weighted by atomic mass is 9.79. The van der Waals surface area contributed by atoms with Crippen molar-refractivity contribution < 1.29 is 4.79 Å². The first-order valence-corrected chi connectivity index (χ1v) is 7.36. The molecule has 0 unspecified atom stereocenters. The fourth-order valence-electron chi connectivity index (χ4n) is 3.08. The van der Waals surface area contributed by atoms with Crippen LogP contribution in [0.4, 0.5) is 5.13 Å². The molecule has 1 fully saturated rings. The van der Waals surface area contributed by atoms with Crippen molar-refractivity contribution in [3.8, 4) is 0 Å². The van der Waals surface area contributed by atoms with E-state index in [0.29, 0.717) is 10.8 Å². The largest absolute Gasteiger partial charge is 0.375 e. The Morgan fingerprint density at radius 3 is 2.47 bits per heavy atom. The molecule has 1 aliphatic heterocycles. The zero-order valence-electron chi connectivity index (χ0n) is 11.9. The molecule has 0 aromatic carbocycles. The number of hydrogen-bond acceptors (Lipinski definition) is 5. The molecule has 1 saturated heterocycles. The molecule has 4 N–H and O–H groups in total. The van der Waals surface area contributed by atoms with Gasteiger partial charge >= 0.3 is 0 Å². The van der Waals surface area contributed by atoms with Gasteiger partial charge in [-0.05, 0) is 40.5 Å². The average Bonchev–Trinajstić information content (AvgIpc) is 2.59. The van der Waals surface area contributed by atoms with E-state index in [9.17, 15) is 4.79 Å². The predicted octanol–water partition coefficient (Wildman–Crippen LogP) is 1.76. The quantitative estimate of drug-likeness (QED) is 0.772. The molecule has 0 aliphatic carbocycles. The van der Waals surface area contributed by atoms with Gasteiger partial charge in [-0.25, -0.2) is 4.98 Å². The summed E-state index contributed by atoms with van der Waals surface area (Å²) in [4.78, 5) is 16.1. The number of piperidine rings is 1. The van der Waals surface area contributed by atoms with E-state index in [4.69, 9.17) is 5.73 Å². The normalized spacial score (nSPS) is 22.1. The van der Waals surface area contributed by atoms with E-state index in [0.717, 1.165) is 12.8 Å². The molecule has 1 aromatic heterocycles. The van der Waals surface area contributed by atoms with Crippen LogP contribution in [0, 0.1) is 0 Å². The molecule has 0 spiro atoms. The molecule has 0 atom stereocenters. The van der Waals surface area contributed by atoms with Crippen molar-refractivity contribution >= 4 is 22.4 Å². The number of rotatable bonds is 2. The number of hydrogen-bond donors (Lipinski definition) is 3. The summed E-state index contributed by atoms with van der Waals surface area (Å²) in [6, 6.07) is 0.154. The van der Waals surface area contributed by atoms with Gasteiger partial charge in [-0.3, -0.25) is 4.79 Å². The van der Waals surface area contributed by atoms with Crippen molar-refractivity contribution in [3.05, 3.63) is 11.1 Å². The number of carbonyl (C=O) groups is 1. The van der Waals surface area contributed by atoms with Gasteiger partial charge in [0.25, 0.3) is 5.91 Å². The fraction of sp³-hybridized carbons (Fsp3) is 0.692. The van der Waals surface area contributed by atoms with Gasteiger partial charge < -0.3 is 16.4 Å². The van der Waals surface area contributed by atoms with Crippen LogP contribution in [-0.2, 0) is 0 Å². The molecule has 0 bridgehead atoms. The van der Waals surface area contributed by atoms with Crippen LogP contribution in [0.2, 0.25) is 0 Å². The van der Waals surface area contributed by atoms with Crippen molar-refractivity contribution in [3.63, 3.8) is 0 Å². The minimum Gasteiger partial charge on any atom is -0.375 e. The van der Waals surface area contributed by atoms with Crippen LogP contribution in [0.3, 0.4) is 0 Å². The smallest absolute Gasteiger partial charge is 0.271 e. The summed E-state index contributed by atoms with van der Waals surface area (Å²) in [6.07, 6.45) is 1.81. The second-order valence-electron chi connectivity index (χ2n) is 6.54. The third-order valence-corrected chi connectivity index (χ3v) is 3.95. The highest BCUT2D eigenvalue weighted by Crippen LogP contribution is 2.28. The Labute approximate surface area is 118 Å². The highest BCUT2D eigenvalue weighted by Gasteiger charge is 2.38. The number of nitrogen functional groups attached to an aromatic ring is 1.